The fraction of sp³-hybridized carbons (Fsp3) is 0.417. The Kier molecular flexibility index (Phi) is 6.41. The highest BCUT2D eigenvalue weighted by Crippen LogP contribution is 2.19. The Morgan fingerprint density at radius 3 is 2.73 bits per heavy atom. The fourth-order valence-corrected chi connectivity index (χ4v) is 1.51. The first-order valence-electron chi connectivity index (χ1n) is 6.05. The first kappa shape index (κ1) is 18.0. The summed E-state index contributed by atoms with van der Waals surface area (Å²) in [4.78, 5) is 27.4. The number of alkyl halides is 3. The molecular formula is C12H13ClF3N3O3. The lowest BCUT2D eigenvalue weighted by Gasteiger charge is -2.16. The van der Waals surface area contributed by atoms with Crippen molar-refractivity contribution in [3.8, 4) is 0 Å². The van der Waals surface area contributed by atoms with Gasteiger partial charge in [-0.2, -0.15) is 13.2 Å². The van der Waals surface area contributed by atoms with Crippen molar-refractivity contribution in [3.63, 3.8) is 0 Å². The van der Waals surface area contributed by atoms with Gasteiger partial charge in [0.2, 0.25) is 0 Å². The Bertz CT molecular complexity index is 540. The molecular weight excluding hydrogens is 327 g/mol. The molecule has 1 heterocycles. The average Bonchev–Trinajstić information content (AvgIpc) is 2.43. The van der Waals surface area contributed by atoms with E-state index in [1.807, 2.05) is 5.32 Å². The first-order chi connectivity index (χ1) is 10.2. The van der Waals surface area contributed by atoms with E-state index in [0.717, 1.165) is 4.90 Å². The van der Waals surface area contributed by atoms with Crippen LogP contribution < -0.4 is 10.2 Å². The highest BCUT2D eigenvalue weighted by molar-refractivity contribution is 6.66. The molecule has 2 amide bonds. The number of anilines is 1. The maximum absolute atomic E-state index is 11.9. The van der Waals surface area contributed by atoms with Crippen LogP contribution >= 0.6 is 11.6 Å². The van der Waals surface area contributed by atoms with Gasteiger partial charge in [0.25, 0.3) is 0 Å². The molecule has 0 aliphatic rings. The van der Waals surface area contributed by atoms with Crippen LogP contribution in [0.15, 0.2) is 18.3 Å². The second-order valence-electron chi connectivity index (χ2n) is 4.17. The zero-order valence-corrected chi connectivity index (χ0v) is 12.2. The number of nitrogens with zero attached hydrogens (tertiary/aromatic N) is 2. The molecule has 0 spiro atoms. The van der Waals surface area contributed by atoms with Crippen molar-refractivity contribution in [2.24, 2.45) is 0 Å². The van der Waals surface area contributed by atoms with Crippen molar-refractivity contribution in [1.29, 1.82) is 0 Å². The van der Waals surface area contributed by atoms with Gasteiger partial charge in [0.1, 0.15) is 12.4 Å². The molecule has 1 aromatic heterocycles. The summed E-state index contributed by atoms with van der Waals surface area (Å²) in [6, 6.07) is 3.10. The molecule has 122 valence electrons. The highest BCUT2D eigenvalue weighted by Gasteiger charge is 2.26. The number of alkyl carbamates (subject to hydrolysis) is 1. The topological polar surface area (TPSA) is 71.5 Å². The van der Waals surface area contributed by atoms with Gasteiger partial charge < -0.3 is 10.1 Å². The van der Waals surface area contributed by atoms with Crippen LogP contribution in [-0.4, -0.2) is 36.2 Å². The second kappa shape index (κ2) is 7.83. The van der Waals surface area contributed by atoms with Gasteiger partial charge in [0.05, 0.1) is 6.42 Å². The summed E-state index contributed by atoms with van der Waals surface area (Å²) in [5, 5.41) is 1.19. The van der Waals surface area contributed by atoms with Gasteiger partial charge in [-0.15, -0.1) is 0 Å². The molecule has 0 radical (unpaired) electrons. The lowest BCUT2D eigenvalue weighted by molar-refractivity contribution is -0.133. The highest BCUT2D eigenvalue weighted by atomic mass is 35.5. The Balaban J connectivity index is 2.54. The Morgan fingerprint density at radius 2 is 2.14 bits per heavy atom. The summed E-state index contributed by atoms with van der Waals surface area (Å²) in [5.41, 5.74) is 0.380. The van der Waals surface area contributed by atoms with Crippen LogP contribution in [0.25, 0.3) is 0 Å². The Morgan fingerprint density at radius 1 is 1.45 bits per heavy atom. The van der Waals surface area contributed by atoms with Crippen molar-refractivity contribution in [2.75, 3.05) is 18.5 Å². The van der Waals surface area contributed by atoms with Crippen LogP contribution in [-0.2, 0) is 11.3 Å². The van der Waals surface area contributed by atoms with Crippen LogP contribution in [0, 0.1) is 0 Å². The molecule has 0 aliphatic carbocycles. The minimum absolute atomic E-state index is 0.186. The van der Waals surface area contributed by atoms with Gasteiger partial charge in [0, 0.05) is 25.4 Å². The maximum atomic E-state index is 11.9. The number of hydrogen-bond acceptors (Lipinski definition) is 4. The van der Waals surface area contributed by atoms with E-state index < -0.39 is 30.6 Å². The van der Waals surface area contributed by atoms with Gasteiger partial charge in [0.15, 0.2) is 0 Å². The minimum Gasteiger partial charge on any atom is -0.445 e. The zero-order valence-electron chi connectivity index (χ0n) is 11.5. The molecule has 10 heteroatoms. The summed E-state index contributed by atoms with van der Waals surface area (Å²) >= 11 is 5.33. The smallest absolute Gasteiger partial charge is 0.407 e. The van der Waals surface area contributed by atoms with Crippen molar-refractivity contribution < 1.29 is 27.5 Å². The largest absolute Gasteiger partial charge is 0.445 e. The molecule has 0 atom stereocenters. The number of nitrogens with one attached hydrogen (secondary N) is 1. The zero-order chi connectivity index (χ0) is 16.8. The van der Waals surface area contributed by atoms with Crippen molar-refractivity contribution >= 4 is 28.9 Å². The number of aromatic nitrogens is 1. The first-order valence-corrected chi connectivity index (χ1v) is 6.43. The molecule has 1 N–H and O–H groups in total. The van der Waals surface area contributed by atoms with E-state index in [9.17, 15) is 22.8 Å². The van der Waals surface area contributed by atoms with Gasteiger partial charge in [-0.3, -0.25) is 9.69 Å². The minimum atomic E-state index is -4.35. The third-order valence-corrected chi connectivity index (χ3v) is 2.74. The van der Waals surface area contributed by atoms with Crippen molar-refractivity contribution in [2.45, 2.75) is 19.2 Å². The summed E-state index contributed by atoms with van der Waals surface area (Å²) in [6.07, 6.45) is -5.09. The van der Waals surface area contributed by atoms with E-state index in [0.29, 0.717) is 5.56 Å². The maximum Gasteiger partial charge on any atom is 0.407 e. The summed E-state index contributed by atoms with van der Waals surface area (Å²) in [5.74, 6) is 0.186. The van der Waals surface area contributed by atoms with Crippen LogP contribution in [0.5, 0.6) is 0 Å². The Hall–Kier alpha value is -2.03. The average molecular weight is 340 g/mol. The van der Waals surface area contributed by atoms with Crippen LogP contribution in [0.1, 0.15) is 12.0 Å². The molecule has 1 rings (SSSR count). The van der Waals surface area contributed by atoms with E-state index in [4.69, 9.17) is 16.3 Å². The quantitative estimate of drug-likeness (QED) is 0.661. The molecule has 0 unspecified atom stereocenters. The number of amides is 2. The van der Waals surface area contributed by atoms with E-state index in [1.54, 1.807) is 12.1 Å². The lowest BCUT2D eigenvalue weighted by Crippen LogP contribution is -2.29. The van der Waals surface area contributed by atoms with E-state index >= 15 is 0 Å². The summed E-state index contributed by atoms with van der Waals surface area (Å²) in [6.45, 7) is -0.849. The van der Waals surface area contributed by atoms with E-state index in [-0.39, 0.29) is 12.4 Å². The van der Waals surface area contributed by atoms with Gasteiger partial charge in [-0.05, 0) is 17.7 Å². The lowest BCUT2D eigenvalue weighted by atomic mass is 10.2. The number of rotatable bonds is 5. The molecule has 22 heavy (non-hydrogen) atoms. The van der Waals surface area contributed by atoms with Crippen LogP contribution in [0.3, 0.4) is 0 Å². The SMILES string of the molecule is CN(C(=O)Cl)c1ncccc1COC(=O)NCCC(F)(F)F. The standard InChI is InChI=1S/C12H13ClF3N3O3/c1-19(10(13)20)9-8(3-2-5-17-9)7-22-11(21)18-6-4-12(14,15)16/h2-3,5H,4,6-7H2,1H3,(H,18,21). The third kappa shape index (κ3) is 6.17. The molecule has 1 aromatic rings. The molecule has 0 saturated heterocycles. The number of ether oxygens (including phenoxy) is 1. The number of pyridine rings is 1. The van der Waals surface area contributed by atoms with Crippen molar-refractivity contribution in [1.82, 2.24) is 10.3 Å². The van der Waals surface area contributed by atoms with E-state index in [2.05, 4.69) is 4.98 Å². The normalized spacial score (nSPS) is 11.0. The number of carbonyl (C=O) groups excluding carboxylic acids is 2. The molecule has 6 nitrogen and oxygen atoms in total. The van der Waals surface area contributed by atoms with Crippen molar-refractivity contribution in [3.05, 3.63) is 23.9 Å². The molecule has 0 aromatic carbocycles. The van der Waals surface area contributed by atoms with Crippen LogP contribution in [0.4, 0.5) is 28.6 Å². The second-order valence-corrected chi connectivity index (χ2v) is 4.49. The number of carbonyl (C=O) groups is 2. The number of hydrogen-bond donors (Lipinski definition) is 1. The predicted octanol–water partition coefficient (Wildman–Crippen LogP) is 3.06. The molecule has 0 fully saturated rings. The molecule has 0 aliphatic heterocycles. The van der Waals surface area contributed by atoms with Gasteiger partial charge >= 0.3 is 17.6 Å². The van der Waals surface area contributed by atoms with Crippen LogP contribution in [0.2, 0.25) is 0 Å². The Labute approximate surface area is 129 Å². The predicted molar refractivity (Wildman–Crippen MR) is 72.7 cm³/mol. The monoisotopic (exact) mass is 339 g/mol. The summed E-state index contributed by atoms with van der Waals surface area (Å²) in [7, 11) is 1.38. The van der Waals surface area contributed by atoms with E-state index in [1.165, 1.54) is 13.2 Å². The third-order valence-electron chi connectivity index (χ3n) is 2.49. The summed E-state index contributed by atoms with van der Waals surface area (Å²) < 4.78 is 40.5. The molecule has 0 bridgehead atoms. The van der Waals surface area contributed by atoms with Gasteiger partial charge in [-0.1, -0.05) is 6.07 Å². The number of halogens is 4. The fourth-order valence-electron chi connectivity index (χ4n) is 1.43. The van der Waals surface area contributed by atoms with Gasteiger partial charge in [-0.25, -0.2) is 9.78 Å². The molecule has 0 saturated carbocycles.